The minimum Gasteiger partial charge on any atom is -0.352 e. The molecule has 0 aliphatic carbocycles. The maximum Gasteiger partial charge on any atom is 0.224 e. The summed E-state index contributed by atoms with van der Waals surface area (Å²) in [5.74, 6) is 0.576. The number of benzene rings is 1. The fourth-order valence-electron chi connectivity index (χ4n) is 4.00. The zero-order chi connectivity index (χ0) is 18.2. The van der Waals surface area contributed by atoms with Gasteiger partial charge in [-0.25, -0.2) is 9.50 Å². The third kappa shape index (κ3) is 3.14. The quantitative estimate of drug-likeness (QED) is 0.667. The van der Waals surface area contributed by atoms with E-state index >= 15 is 0 Å². The lowest BCUT2D eigenvalue weighted by Gasteiger charge is -2.15. The highest BCUT2D eigenvalue weighted by Crippen LogP contribution is 2.31. The molecule has 0 saturated carbocycles. The van der Waals surface area contributed by atoms with Crippen LogP contribution in [0.1, 0.15) is 36.3 Å². The molecule has 1 saturated heterocycles. The van der Waals surface area contributed by atoms with Crippen LogP contribution in [0, 0.1) is 0 Å². The highest BCUT2D eigenvalue weighted by atomic mass is 16.1. The van der Waals surface area contributed by atoms with Crippen LogP contribution in [0.25, 0.3) is 5.65 Å². The Bertz CT molecular complexity index is 1000. The second-order valence-corrected chi connectivity index (χ2v) is 7.30. The Labute approximate surface area is 157 Å². The second kappa shape index (κ2) is 6.66. The zero-order valence-electron chi connectivity index (χ0n) is 15.0. The average Bonchev–Trinajstić information content (AvgIpc) is 3.31. The van der Waals surface area contributed by atoms with Gasteiger partial charge < -0.3 is 16.0 Å². The van der Waals surface area contributed by atoms with Crippen LogP contribution in [0.2, 0.25) is 0 Å². The summed E-state index contributed by atoms with van der Waals surface area (Å²) in [7, 11) is 0. The fraction of sp³-hybridized carbons (Fsp3) is 0.350. The van der Waals surface area contributed by atoms with Gasteiger partial charge in [-0.1, -0.05) is 6.07 Å². The number of nitrogens with one attached hydrogen (secondary N) is 3. The Morgan fingerprint density at radius 3 is 3.07 bits per heavy atom. The maximum atomic E-state index is 11.9. The standard InChI is InChI=1S/C20H22N6O/c27-19-3-1-2-13-4-5-16(9-17(13)25-19)24-18-8-15(14-6-7-21-10-14)11-26-20(18)22-12-23-26/h4-5,8-9,11-12,14,21,24H,1-3,6-7,10H2,(H,25,27). The van der Waals surface area contributed by atoms with Crippen LogP contribution in [0.15, 0.2) is 36.8 Å². The van der Waals surface area contributed by atoms with Crippen molar-refractivity contribution in [1.82, 2.24) is 19.9 Å². The number of hydrogen-bond acceptors (Lipinski definition) is 5. The Morgan fingerprint density at radius 2 is 2.19 bits per heavy atom. The number of aryl methyl sites for hydroxylation is 1. The molecule has 0 spiro atoms. The van der Waals surface area contributed by atoms with Crippen molar-refractivity contribution in [3.63, 3.8) is 0 Å². The van der Waals surface area contributed by atoms with Crippen LogP contribution in [0.3, 0.4) is 0 Å². The van der Waals surface area contributed by atoms with Gasteiger partial charge in [-0.2, -0.15) is 5.10 Å². The van der Waals surface area contributed by atoms with Gasteiger partial charge in [-0.15, -0.1) is 0 Å². The van der Waals surface area contributed by atoms with E-state index < -0.39 is 0 Å². The van der Waals surface area contributed by atoms with Gasteiger partial charge in [0.15, 0.2) is 5.65 Å². The smallest absolute Gasteiger partial charge is 0.224 e. The molecule has 3 aromatic rings. The number of anilines is 3. The number of pyridine rings is 1. The molecule has 5 rings (SSSR count). The lowest BCUT2D eigenvalue weighted by atomic mass is 10.00. The monoisotopic (exact) mass is 362 g/mol. The Balaban J connectivity index is 1.51. The lowest BCUT2D eigenvalue weighted by Crippen LogP contribution is -2.10. The first-order valence-corrected chi connectivity index (χ1v) is 9.50. The second-order valence-electron chi connectivity index (χ2n) is 7.30. The third-order valence-corrected chi connectivity index (χ3v) is 5.44. The number of aromatic nitrogens is 3. The van der Waals surface area contributed by atoms with Crippen molar-refractivity contribution in [1.29, 1.82) is 0 Å². The summed E-state index contributed by atoms with van der Waals surface area (Å²) >= 11 is 0. The Morgan fingerprint density at radius 1 is 1.22 bits per heavy atom. The highest BCUT2D eigenvalue weighted by molar-refractivity contribution is 5.93. The molecule has 27 heavy (non-hydrogen) atoms. The first kappa shape index (κ1) is 16.3. The van der Waals surface area contributed by atoms with Crippen molar-refractivity contribution in [2.24, 2.45) is 0 Å². The van der Waals surface area contributed by atoms with Crippen LogP contribution in [0.4, 0.5) is 17.1 Å². The van der Waals surface area contributed by atoms with Crippen LogP contribution >= 0.6 is 0 Å². The molecule has 138 valence electrons. The first-order valence-electron chi connectivity index (χ1n) is 9.50. The molecule has 7 heteroatoms. The first-order chi connectivity index (χ1) is 13.3. The highest BCUT2D eigenvalue weighted by Gasteiger charge is 2.19. The van der Waals surface area contributed by atoms with Gasteiger partial charge in [0.2, 0.25) is 5.91 Å². The molecule has 3 N–H and O–H groups in total. The molecule has 2 aliphatic heterocycles. The normalized spacial score (nSPS) is 19.6. The van der Waals surface area contributed by atoms with Crippen molar-refractivity contribution >= 4 is 28.6 Å². The van der Waals surface area contributed by atoms with Crippen molar-refractivity contribution in [2.45, 2.75) is 31.6 Å². The van der Waals surface area contributed by atoms with E-state index in [2.05, 4.69) is 50.4 Å². The van der Waals surface area contributed by atoms with Gasteiger partial charge in [0, 0.05) is 30.5 Å². The number of fused-ring (bicyclic) bond motifs is 2. The number of carbonyl (C=O) groups is 1. The van der Waals surface area contributed by atoms with Gasteiger partial charge in [0.1, 0.15) is 6.33 Å². The summed E-state index contributed by atoms with van der Waals surface area (Å²) in [6, 6.07) is 8.34. The lowest BCUT2D eigenvalue weighted by molar-refractivity contribution is -0.116. The maximum absolute atomic E-state index is 11.9. The molecule has 1 aromatic carbocycles. The average molecular weight is 362 g/mol. The molecule has 2 aliphatic rings. The van der Waals surface area contributed by atoms with Crippen LogP contribution in [-0.2, 0) is 11.2 Å². The minimum atomic E-state index is 0.0847. The van der Waals surface area contributed by atoms with E-state index in [-0.39, 0.29) is 5.91 Å². The summed E-state index contributed by atoms with van der Waals surface area (Å²) in [6.45, 7) is 2.04. The summed E-state index contributed by atoms with van der Waals surface area (Å²) < 4.78 is 1.83. The molecule has 0 bridgehead atoms. The molecule has 4 heterocycles. The van der Waals surface area contributed by atoms with Crippen LogP contribution < -0.4 is 16.0 Å². The molecule has 7 nitrogen and oxygen atoms in total. The largest absolute Gasteiger partial charge is 0.352 e. The minimum absolute atomic E-state index is 0.0847. The van der Waals surface area contributed by atoms with Crippen LogP contribution in [0.5, 0.6) is 0 Å². The van der Waals surface area contributed by atoms with Gasteiger partial charge in [-0.05, 0) is 61.1 Å². The number of amides is 1. The van der Waals surface area contributed by atoms with Crippen molar-refractivity contribution in [3.8, 4) is 0 Å². The van der Waals surface area contributed by atoms with E-state index in [0.29, 0.717) is 12.3 Å². The van der Waals surface area contributed by atoms with Gasteiger partial charge in [-0.3, -0.25) is 4.79 Å². The number of carbonyl (C=O) groups excluding carboxylic acids is 1. The van der Waals surface area contributed by atoms with Crippen molar-refractivity contribution in [2.75, 3.05) is 23.7 Å². The Kier molecular flexibility index (Phi) is 4.01. The van der Waals surface area contributed by atoms with Gasteiger partial charge >= 0.3 is 0 Å². The van der Waals surface area contributed by atoms with E-state index in [4.69, 9.17) is 0 Å². The van der Waals surface area contributed by atoms with E-state index in [1.54, 1.807) is 6.33 Å². The fourth-order valence-corrected chi connectivity index (χ4v) is 4.00. The molecular weight excluding hydrogens is 340 g/mol. The molecule has 0 radical (unpaired) electrons. The molecule has 1 unspecified atom stereocenters. The molecular formula is C20H22N6O. The van der Waals surface area contributed by atoms with Gasteiger partial charge in [0.05, 0.1) is 5.69 Å². The van der Waals surface area contributed by atoms with E-state index in [1.807, 2.05) is 10.6 Å². The number of rotatable bonds is 3. The topological polar surface area (TPSA) is 83.4 Å². The summed E-state index contributed by atoms with van der Waals surface area (Å²) in [6.07, 6.45) is 7.17. The SMILES string of the molecule is O=C1CCCc2ccc(Nc3cc(C4CCNC4)cn4ncnc34)cc2N1. The van der Waals surface area contributed by atoms with Crippen molar-refractivity contribution in [3.05, 3.63) is 47.9 Å². The van der Waals surface area contributed by atoms with E-state index in [0.717, 1.165) is 55.1 Å². The van der Waals surface area contributed by atoms with Gasteiger partial charge in [0.25, 0.3) is 0 Å². The molecule has 1 atom stereocenters. The molecule has 2 aromatic heterocycles. The zero-order valence-corrected chi connectivity index (χ0v) is 15.0. The number of nitrogens with zero attached hydrogens (tertiary/aromatic N) is 3. The predicted molar refractivity (Wildman–Crippen MR) is 105 cm³/mol. The summed E-state index contributed by atoms with van der Waals surface area (Å²) in [5.41, 5.74) is 5.99. The summed E-state index contributed by atoms with van der Waals surface area (Å²) in [5, 5.41) is 14.3. The predicted octanol–water partition coefficient (Wildman–Crippen LogP) is 2.82. The van der Waals surface area contributed by atoms with Crippen LogP contribution in [-0.4, -0.2) is 33.6 Å². The van der Waals surface area contributed by atoms with E-state index in [1.165, 1.54) is 11.1 Å². The van der Waals surface area contributed by atoms with Crippen molar-refractivity contribution < 1.29 is 4.79 Å². The molecule has 1 fully saturated rings. The van der Waals surface area contributed by atoms with E-state index in [9.17, 15) is 4.79 Å². The third-order valence-electron chi connectivity index (χ3n) is 5.44. The number of hydrogen-bond donors (Lipinski definition) is 3. The Hall–Kier alpha value is -2.93. The summed E-state index contributed by atoms with van der Waals surface area (Å²) in [4.78, 5) is 16.3. The molecule has 1 amide bonds.